The van der Waals surface area contributed by atoms with Gasteiger partial charge in [-0.1, -0.05) is 6.07 Å². The van der Waals surface area contributed by atoms with E-state index in [2.05, 4.69) is 24.6 Å². The molecule has 100 valence electrons. The maximum Gasteiger partial charge on any atom is 0.253 e. The molecule has 0 heterocycles. The summed E-state index contributed by atoms with van der Waals surface area (Å²) in [7, 11) is 0. The molecule has 0 atom stereocenters. The summed E-state index contributed by atoms with van der Waals surface area (Å²) in [4.78, 5) is 12.1. The summed E-state index contributed by atoms with van der Waals surface area (Å²) in [6, 6.07) is 5.54. The van der Waals surface area contributed by atoms with Crippen molar-refractivity contribution in [2.75, 3.05) is 18.2 Å². The predicted octanol–water partition coefficient (Wildman–Crippen LogP) is 2.15. The number of nitrogen functional groups attached to an aromatic ring is 1. The van der Waals surface area contributed by atoms with Gasteiger partial charge in [-0.05, 0) is 44.7 Å². The second-order valence-electron chi connectivity index (χ2n) is 4.84. The van der Waals surface area contributed by atoms with Gasteiger partial charge in [0.15, 0.2) is 0 Å². The largest absolute Gasteiger partial charge is 0.351 e. The van der Waals surface area contributed by atoms with Crippen LogP contribution < -0.4 is 16.6 Å². The van der Waals surface area contributed by atoms with Crippen molar-refractivity contribution in [3.8, 4) is 0 Å². The Morgan fingerprint density at radius 3 is 2.67 bits per heavy atom. The quantitative estimate of drug-likeness (QED) is 0.565. The smallest absolute Gasteiger partial charge is 0.253 e. The maximum absolute atomic E-state index is 12.1. The third-order valence-electron chi connectivity index (χ3n) is 2.80. The summed E-state index contributed by atoms with van der Waals surface area (Å²) in [5, 5.41) is 2.93. The standard InChI is InChI=1S/C13H21N3OS/c1-9-5-6-10(11(7-9)16-14)12(17)15-8-13(2,3)18-4/h5-7,16H,8,14H2,1-4H3,(H,15,17). The number of nitrogens with two attached hydrogens (primary N) is 1. The first-order valence-corrected chi connectivity index (χ1v) is 7.03. The van der Waals surface area contributed by atoms with Crippen molar-refractivity contribution in [3.63, 3.8) is 0 Å². The van der Waals surface area contributed by atoms with Gasteiger partial charge in [0, 0.05) is 11.3 Å². The molecule has 0 aromatic heterocycles. The molecule has 1 aromatic rings. The van der Waals surface area contributed by atoms with Gasteiger partial charge in [0.1, 0.15) is 0 Å². The zero-order valence-corrected chi connectivity index (χ0v) is 12.1. The van der Waals surface area contributed by atoms with E-state index in [9.17, 15) is 4.79 Å². The van der Waals surface area contributed by atoms with Gasteiger partial charge >= 0.3 is 0 Å². The van der Waals surface area contributed by atoms with Crippen LogP contribution >= 0.6 is 11.8 Å². The molecule has 0 radical (unpaired) electrons. The van der Waals surface area contributed by atoms with E-state index in [1.165, 1.54) is 0 Å². The fourth-order valence-electron chi connectivity index (χ4n) is 1.44. The number of hydrogen-bond acceptors (Lipinski definition) is 4. The lowest BCUT2D eigenvalue weighted by Gasteiger charge is -2.22. The predicted molar refractivity (Wildman–Crippen MR) is 78.9 cm³/mol. The maximum atomic E-state index is 12.1. The van der Waals surface area contributed by atoms with E-state index in [0.29, 0.717) is 17.8 Å². The Bertz CT molecular complexity index is 432. The summed E-state index contributed by atoms with van der Waals surface area (Å²) < 4.78 is 0.0245. The van der Waals surface area contributed by atoms with Crippen LogP contribution in [0.25, 0.3) is 0 Å². The fourth-order valence-corrected chi connectivity index (χ4v) is 1.65. The molecule has 0 saturated heterocycles. The van der Waals surface area contributed by atoms with Crippen molar-refractivity contribution in [1.29, 1.82) is 0 Å². The molecule has 0 bridgehead atoms. The lowest BCUT2D eigenvalue weighted by atomic mass is 10.1. The average molecular weight is 267 g/mol. The molecule has 0 spiro atoms. The number of carbonyl (C=O) groups excluding carboxylic acids is 1. The highest BCUT2D eigenvalue weighted by Gasteiger charge is 2.18. The summed E-state index contributed by atoms with van der Waals surface area (Å²) in [5.74, 6) is 5.32. The van der Waals surface area contributed by atoms with Gasteiger partial charge in [-0.25, -0.2) is 0 Å². The van der Waals surface area contributed by atoms with Gasteiger partial charge < -0.3 is 10.7 Å². The minimum atomic E-state index is -0.106. The number of amides is 1. The number of aryl methyl sites for hydroxylation is 1. The van der Waals surface area contributed by atoms with Gasteiger partial charge in [-0.3, -0.25) is 10.6 Å². The van der Waals surface area contributed by atoms with E-state index in [0.717, 1.165) is 5.56 Å². The van der Waals surface area contributed by atoms with Crippen LogP contribution in [0.5, 0.6) is 0 Å². The number of carbonyl (C=O) groups is 1. The van der Waals surface area contributed by atoms with Crippen LogP contribution in [-0.4, -0.2) is 23.5 Å². The van der Waals surface area contributed by atoms with Crippen LogP contribution in [0.1, 0.15) is 29.8 Å². The van der Waals surface area contributed by atoms with Gasteiger partial charge in [0.05, 0.1) is 11.3 Å². The molecule has 4 nitrogen and oxygen atoms in total. The second-order valence-corrected chi connectivity index (χ2v) is 6.35. The number of nitrogens with one attached hydrogen (secondary N) is 2. The molecule has 0 fully saturated rings. The van der Waals surface area contributed by atoms with E-state index in [4.69, 9.17) is 5.84 Å². The average Bonchev–Trinajstić information content (AvgIpc) is 2.36. The van der Waals surface area contributed by atoms with Gasteiger partial charge in [0.2, 0.25) is 0 Å². The number of benzene rings is 1. The molecule has 0 aliphatic carbocycles. The van der Waals surface area contributed by atoms with E-state index < -0.39 is 0 Å². The minimum Gasteiger partial charge on any atom is -0.351 e. The van der Waals surface area contributed by atoms with Gasteiger partial charge in [-0.2, -0.15) is 11.8 Å². The molecule has 18 heavy (non-hydrogen) atoms. The molecular weight excluding hydrogens is 246 g/mol. The van der Waals surface area contributed by atoms with Crippen LogP contribution in [0.4, 0.5) is 5.69 Å². The summed E-state index contributed by atoms with van der Waals surface area (Å²) >= 11 is 1.72. The number of hydrazine groups is 1. The molecule has 0 aliphatic rings. The summed E-state index contributed by atoms with van der Waals surface area (Å²) in [6.45, 7) is 6.76. The fraction of sp³-hybridized carbons (Fsp3) is 0.462. The number of anilines is 1. The van der Waals surface area contributed by atoms with Crippen molar-refractivity contribution in [2.45, 2.75) is 25.5 Å². The third-order valence-corrected chi connectivity index (χ3v) is 4.05. The third kappa shape index (κ3) is 3.92. The Morgan fingerprint density at radius 2 is 2.11 bits per heavy atom. The van der Waals surface area contributed by atoms with E-state index >= 15 is 0 Å². The first-order chi connectivity index (χ1) is 8.39. The van der Waals surface area contributed by atoms with Crippen LogP contribution in [-0.2, 0) is 0 Å². The van der Waals surface area contributed by atoms with Crippen molar-refractivity contribution in [3.05, 3.63) is 29.3 Å². The highest BCUT2D eigenvalue weighted by Crippen LogP contribution is 2.21. The second kappa shape index (κ2) is 6.11. The molecular formula is C13H21N3OS. The zero-order chi connectivity index (χ0) is 13.8. The SMILES string of the molecule is CSC(C)(C)CNC(=O)c1ccc(C)cc1NN. The Kier molecular flexibility index (Phi) is 5.04. The molecule has 4 N–H and O–H groups in total. The summed E-state index contributed by atoms with van der Waals surface area (Å²) in [6.07, 6.45) is 2.03. The molecule has 0 saturated carbocycles. The Labute approximate surface area is 113 Å². The number of rotatable bonds is 5. The van der Waals surface area contributed by atoms with Crippen LogP contribution in [0.2, 0.25) is 0 Å². The first kappa shape index (κ1) is 14.9. The number of hydrogen-bond donors (Lipinski definition) is 3. The van der Waals surface area contributed by atoms with E-state index in [1.54, 1.807) is 17.8 Å². The Balaban J connectivity index is 2.79. The van der Waals surface area contributed by atoms with Gasteiger partial charge in [0.25, 0.3) is 5.91 Å². The Morgan fingerprint density at radius 1 is 1.44 bits per heavy atom. The van der Waals surface area contributed by atoms with Crippen LogP contribution in [0.15, 0.2) is 18.2 Å². The van der Waals surface area contributed by atoms with Crippen LogP contribution in [0.3, 0.4) is 0 Å². The molecule has 1 aromatic carbocycles. The van der Waals surface area contributed by atoms with Gasteiger partial charge in [-0.15, -0.1) is 0 Å². The van der Waals surface area contributed by atoms with Crippen molar-refractivity contribution in [1.82, 2.24) is 5.32 Å². The Hall–Kier alpha value is -1.20. The van der Waals surface area contributed by atoms with Crippen molar-refractivity contribution < 1.29 is 4.79 Å². The van der Waals surface area contributed by atoms with E-state index in [1.807, 2.05) is 25.3 Å². The lowest BCUT2D eigenvalue weighted by Crippen LogP contribution is -2.36. The van der Waals surface area contributed by atoms with Crippen molar-refractivity contribution in [2.24, 2.45) is 5.84 Å². The summed E-state index contributed by atoms with van der Waals surface area (Å²) in [5.41, 5.74) is 4.84. The monoisotopic (exact) mass is 267 g/mol. The topological polar surface area (TPSA) is 67.2 Å². The van der Waals surface area contributed by atoms with Crippen molar-refractivity contribution >= 4 is 23.4 Å². The molecule has 1 rings (SSSR count). The first-order valence-electron chi connectivity index (χ1n) is 5.80. The molecule has 5 heteroatoms. The highest BCUT2D eigenvalue weighted by atomic mass is 32.2. The normalized spacial score (nSPS) is 11.2. The minimum absolute atomic E-state index is 0.0245. The zero-order valence-electron chi connectivity index (χ0n) is 11.3. The molecule has 0 aliphatic heterocycles. The lowest BCUT2D eigenvalue weighted by molar-refractivity contribution is 0.0951. The van der Waals surface area contributed by atoms with Crippen LogP contribution in [0, 0.1) is 6.92 Å². The highest BCUT2D eigenvalue weighted by molar-refractivity contribution is 7.99. The molecule has 1 amide bonds. The molecule has 0 unspecified atom stereocenters. The number of thioether (sulfide) groups is 1. The van der Waals surface area contributed by atoms with E-state index in [-0.39, 0.29) is 10.7 Å².